The minimum atomic E-state index is -1.79. The number of esters is 2. The second-order valence-electron chi connectivity index (χ2n) is 7.06. The van der Waals surface area contributed by atoms with Gasteiger partial charge in [-0.1, -0.05) is 12.7 Å². The quantitative estimate of drug-likeness (QED) is 0.271. The van der Waals surface area contributed by atoms with Crippen molar-refractivity contribution in [1.82, 2.24) is 0 Å². The molecule has 0 aliphatic carbocycles. The first-order valence-corrected chi connectivity index (χ1v) is 8.57. The Morgan fingerprint density at radius 1 is 1.00 bits per heavy atom. The molecular weight excluding hydrogens is 408 g/mol. The molecule has 0 aliphatic rings. The number of carbonyl (C=O) groups is 2. The molecule has 0 fully saturated rings. The normalized spacial score (nSPS) is 11.1. The molecule has 0 N–H and O–H groups in total. The van der Waals surface area contributed by atoms with E-state index in [-0.39, 0.29) is 17.1 Å². The lowest BCUT2D eigenvalue weighted by molar-refractivity contribution is -0.131. The molecule has 0 bridgehead atoms. The van der Waals surface area contributed by atoms with Gasteiger partial charge in [-0.2, -0.15) is 8.78 Å². The SMILES string of the molecule is C=Cc1c(F)c(F)c(Oc2ccc(OC(C)=O)c(C(=O)OC(C)(C)C)c2)c(F)c1F. The number of carbonyl (C=O) groups excluding carboxylic acids is 2. The van der Waals surface area contributed by atoms with Crippen molar-refractivity contribution in [1.29, 1.82) is 0 Å². The molecule has 0 unspecified atom stereocenters. The average molecular weight is 426 g/mol. The molecule has 9 heteroatoms. The van der Waals surface area contributed by atoms with Gasteiger partial charge in [-0.3, -0.25) is 4.79 Å². The Hall–Kier alpha value is -3.36. The van der Waals surface area contributed by atoms with Crippen LogP contribution in [0.3, 0.4) is 0 Å². The van der Waals surface area contributed by atoms with Gasteiger partial charge in [0.1, 0.15) is 22.7 Å². The van der Waals surface area contributed by atoms with E-state index in [2.05, 4.69) is 6.58 Å². The molecule has 0 saturated heterocycles. The fourth-order valence-electron chi connectivity index (χ4n) is 2.32. The molecule has 2 aromatic carbocycles. The largest absolute Gasteiger partial charge is 0.456 e. The lowest BCUT2D eigenvalue weighted by Crippen LogP contribution is -2.24. The lowest BCUT2D eigenvalue weighted by Gasteiger charge is -2.20. The third-order valence-electron chi connectivity index (χ3n) is 3.50. The van der Waals surface area contributed by atoms with E-state index < -0.39 is 52.1 Å². The Labute approximate surface area is 169 Å². The third-order valence-corrected chi connectivity index (χ3v) is 3.50. The van der Waals surface area contributed by atoms with E-state index in [1.54, 1.807) is 20.8 Å². The van der Waals surface area contributed by atoms with E-state index in [0.717, 1.165) is 25.1 Å². The Bertz CT molecular complexity index is 996. The van der Waals surface area contributed by atoms with Crippen molar-refractivity contribution in [2.24, 2.45) is 0 Å². The van der Waals surface area contributed by atoms with Crippen LogP contribution in [0, 0.1) is 23.3 Å². The summed E-state index contributed by atoms with van der Waals surface area (Å²) >= 11 is 0. The first-order valence-electron chi connectivity index (χ1n) is 8.57. The van der Waals surface area contributed by atoms with Gasteiger partial charge in [0.25, 0.3) is 0 Å². The van der Waals surface area contributed by atoms with Crippen LogP contribution in [-0.2, 0) is 9.53 Å². The summed E-state index contributed by atoms with van der Waals surface area (Å²) in [6.07, 6.45) is 0.620. The maximum absolute atomic E-state index is 14.2. The van der Waals surface area contributed by atoms with Crippen molar-refractivity contribution >= 4 is 18.0 Å². The highest BCUT2D eigenvalue weighted by Gasteiger charge is 2.27. The van der Waals surface area contributed by atoms with Crippen LogP contribution in [0.15, 0.2) is 24.8 Å². The molecule has 0 spiro atoms. The minimum Gasteiger partial charge on any atom is -0.456 e. The highest BCUT2D eigenvalue weighted by molar-refractivity contribution is 5.94. The van der Waals surface area contributed by atoms with Crippen molar-refractivity contribution in [3.63, 3.8) is 0 Å². The topological polar surface area (TPSA) is 61.8 Å². The van der Waals surface area contributed by atoms with Crippen LogP contribution in [0.4, 0.5) is 17.6 Å². The molecule has 160 valence electrons. The van der Waals surface area contributed by atoms with Crippen LogP contribution >= 0.6 is 0 Å². The minimum absolute atomic E-state index is 0.204. The highest BCUT2D eigenvalue weighted by atomic mass is 19.2. The molecule has 0 aliphatic heterocycles. The summed E-state index contributed by atoms with van der Waals surface area (Å²) in [6.45, 7) is 8.97. The van der Waals surface area contributed by atoms with Crippen LogP contribution in [0.2, 0.25) is 0 Å². The van der Waals surface area contributed by atoms with Crippen molar-refractivity contribution < 1.29 is 41.4 Å². The summed E-state index contributed by atoms with van der Waals surface area (Å²) < 4.78 is 71.4. The van der Waals surface area contributed by atoms with Crippen molar-refractivity contribution in [3.05, 3.63) is 59.2 Å². The highest BCUT2D eigenvalue weighted by Crippen LogP contribution is 2.35. The Balaban J connectivity index is 2.54. The summed E-state index contributed by atoms with van der Waals surface area (Å²) in [4.78, 5) is 23.7. The second-order valence-corrected chi connectivity index (χ2v) is 7.06. The number of halogens is 4. The summed E-state index contributed by atoms with van der Waals surface area (Å²) in [7, 11) is 0. The van der Waals surface area contributed by atoms with Crippen molar-refractivity contribution in [3.8, 4) is 17.2 Å². The molecule has 0 amide bonds. The predicted octanol–water partition coefficient (Wildman–Crippen LogP) is 5.56. The Morgan fingerprint density at radius 2 is 1.57 bits per heavy atom. The van der Waals surface area contributed by atoms with Gasteiger partial charge < -0.3 is 14.2 Å². The number of benzene rings is 2. The second kappa shape index (κ2) is 8.56. The van der Waals surface area contributed by atoms with E-state index in [1.807, 2.05) is 0 Å². The van der Waals surface area contributed by atoms with Crippen molar-refractivity contribution in [2.45, 2.75) is 33.3 Å². The maximum Gasteiger partial charge on any atom is 0.342 e. The molecule has 2 aromatic rings. The number of rotatable bonds is 5. The van der Waals surface area contributed by atoms with Gasteiger partial charge in [0.2, 0.25) is 17.4 Å². The fraction of sp³-hybridized carbons (Fsp3) is 0.238. The molecule has 5 nitrogen and oxygen atoms in total. The summed E-state index contributed by atoms with van der Waals surface area (Å²) in [6, 6.07) is 3.15. The average Bonchev–Trinajstić information content (AvgIpc) is 2.63. The number of hydrogen-bond donors (Lipinski definition) is 0. The standard InChI is InChI=1S/C21H18F4O5/c1-6-12-15(22)17(24)19(18(25)16(12)23)29-11-7-8-14(28-10(2)26)13(9-11)20(27)30-21(3,4)5/h6-9H,1H2,2-5H3. The Kier molecular flexibility index (Phi) is 6.54. The predicted molar refractivity (Wildman–Crippen MR) is 99.4 cm³/mol. The van der Waals surface area contributed by atoms with Crippen LogP contribution < -0.4 is 9.47 Å². The summed E-state index contributed by atoms with van der Waals surface area (Å²) in [5, 5.41) is 0. The van der Waals surface area contributed by atoms with Gasteiger partial charge in [0.05, 0.1) is 5.56 Å². The summed E-state index contributed by atoms with van der Waals surface area (Å²) in [5.41, 5.74) is -2.20. The summed E-state index contributed by atoms with van der Waals surface area (Å²) in [5.74, 6) is -10.5. The van der Waals surface area contributed by atoms with Gasteiger partial charge in [0, 0.05) is 6.92 Å². The zero-order valence-corrected chi connectivity index (χ0v) is 16.6. The van der Waals surface area contributed by atoms with Gasteiger partial charge in [-0.15, -0.1) is 0 Å². The maximum atomic E-state index is 14.2. The molecule has 0 saturated carbocycles. The fourth-order valence-corrected chi connectivity index (χ4v) is 2.32. The van der Waals surface area contributed by atoms with E-state index in [1.165, 1.54) is 0 Å². The smallest absolute Gasteiger partial charge is 0.342 e. The van der Waals surface area contributed by atoms with E-state index in [4.69, 9.17) is 14.2 Å². The van der Waals surface area contributed by atoms with Gasteiger partial charge in [-0.25, -0.2) is 13.6 Å². The molecule has 0 atom stereocenters. The van der Waals surface area contributed by atoms with E-state index in [9.17, 15) is 27.2 Å². The molecule has 30 heavy (non-hydrogen) atoms. The monoisotopic (exact) mass is 426 g/mol. The first kappa shape index (κ1) is 22.9. The van der Waals surface area contributed by atoms with Gasteiger partial charge in [0.15, 0.2) is 11.6 Å². The van der Waals surface area contributed by atoms with Crippen LogP contribution in [-0.4, -0.2) is 17.5 Å². The first-order chi connectivity index (χ1) is 13.9. The molecular formula is C21H18F4O5. The van der Waals surface area contributed by atoms with Crippen LogP contribution in [0.1, 0.15) is 43.6 Å². The number of hydrogen-bond acceptors (Lipinski definition) is 5. The zero-order valence-electron chi connectivity index (χ0n) is 16.6. The van der Waals surface area contributed by atoms with Crippen LogP contribution in [0.25, 0.3) is 6.08 Å². The molecule has 0 radical (unpaired) electrons. The zero-order chi connectivity index (χ0) is 22.8. The molecule has 2 rings (SSSR count). The lowest BCUT2D eigenvalue weighted by atomic mass is 10.1. The van der Waals surface area contributed by atoms with E-state index in [0.29, 0.717) is 6.08 Å². The third kappa shape index (κ3) is 4.97. The van der Waals surface area contributed by atoms with Gasteiger partial charge in [-0.05, 0) is 39.0 Å². The van der Waals surface area contributed by atoms with Gasteiger partial charge >= 0.3 is 11.9 Å². The molecule has 0 heterocycles. The van der Waals surface area contributed by atoms with Crippen molar-refractivity contribution in [2.75, 3.05) is 0 Å². The number of ether oxygens (including phenoxy) is 3. The van der Waals surface area contributed by atoms with E-state index >= 15 is 0 Å². The Morgan fingerprint density at radius 3 is 2.03 bits per heavy atom. The molecule has 0 aromatic heterocycles. The van der Waals surface area contributed by atoms with Crippen LogP contribution in [0.5, 0.6) is 17.2 Å².